The molecule has 0 saturated carbocycles. The van der Waals surface area contributed by atoms with Gasteiger partial charge in [-0.3, -0.25) is 9.48 Å². The van der Waals surface area contributed by atoms with E-state index in [1.54, 1.807) is 4.68 Å². The average molecular weight is 238 g/mol. The Kier molecular flexibility index (Phi) is 3.17. The number of carboxylic acid groups (broad SMARTS) is 1. The van der Waals surface area contributed by atoms with Crippen LogP contribution in [0.3, 0.4) is 0 Å². The molecule has 1 fully saturated rings. The maximum Gasteiger partial charge on any atom is 0.325 e. The summed E-state index contributed by atoms with van der Waals surface area (Å²) in [5.41, 5.74) is 5.91. The Hall–Kier alpha value is -1.40. The largest absolute Gasteiger partial charge is 0.480 e. The van der Waals surface area contributed by atoms with Gasteiger partial charge in [0, 0.05) is 32.9 Å². The first-order chi connectivity index (χ1) is 7.99. The van der Waals surface area contributed by atoms with Crippen LogP contribution in [0.4, 0.5) is 0 Å². The number of hydrogen-bond acceptors (Lipinski definition) is 4. The van der Waals surface area contributed by atoms with E-state index >= 15 is 0 Å². The minimum atomic E-state index is -1.06. The standard InChI is InChI=1S/C11H18N4O2/c1-14-7-9(6-13-14)2-4-15-5-3-11(12,8-15)10(16)17/h6-7H,2-5,8,12H2,1H3,(H,16,17). The van der Waals surface area contributed by atoms with Gasteiger partial charge >= 0.3 is 5.97 Å². The first-order valence-corrected chi connectivity index (χ1v) is 5.72. The number of aryl methyl sites for hydroxylation is 1. The van der Waals surface area contributed by atoms with Gasteiger partial charge in [-0.1, -0.05) is 0 Å². The van der Waals surface area contributed by atoms with Crippen molar-refractivity contribution in [2.75, 3.05) is 19.6 Å². The number of carboxylic acids is 1. The van der Waals surface area contributed by atoms with Crippen molar-refractivity contribution in [2.24, 2.45) is 12.8 Å². The molecule has 1 saturated heterocycles. The average Bonchev–Trinajstić information content (AvgIpc) is 2.83. The van der Waals surface area contributed by atoms with Gasteiger partial charge in [0.2, 0.25) is 0 Å². The van der Waals surface area contributed by atoms with Crippen LogP contribution < -0.4 is 5.73 Å². The number of aliphatic carboxylic acids is 1. The van der Waals surface area contributed by atoms with Crippen molar-refractivity contribution in [3.8, 4) is 0 Å². The Bertz CT molecular complexity index is 417. The van der Waals surface area contributed by atoms with E-state index in [-0.39, 0.29) is 0 Å². The monoisotopic (exact) mass is 238 g/mol. The van der Waals surface area contributed by atoms with Crippen LogP contribution in [0.15, 0.2) is 12.4 Å². The third kappa shape index (κ3) is 2.65. The minimum Gasteiger partial charge on any atom is -0.480 e. The highest BCUT2D eigenvalue weighted by molar-refractivity contribution is 5.79. The van der Waals surface area contributed by atoms with Crippen molar-refractivity contribution in [2.45, 2.75) is 18.4 Å². The highest BCUT2D eigenvalue weighted by Crippen LogP contribution is 2.19. The van der Waals surface area contributed by atoms with Crippen LogP contribution in [0, 0.1) is 0 Å². The van der Waals surface area contributed by atoms with Crippen LogP contribution in [0.1, 0.15) is 12.0 Å². The summed E-state index contributed by atoms with van der Waals surface area (Å²) in [5.74, 6) is -0.902. The molecule has 94 valence electrons. The molecule has 0 spiro atoms. The fourth-order valence-corrected chi connectivity index (χ4v) is 2.17. The molecular formula is C11H18N4O2. The predicted octanol–water partition coefficient (Wildman–Crippen LogP) is -0.550. The summed E-state index contributed by atoms with van der Waals surface area (Å²) in [6.45, 7) is 2.02. The molecule has 1 aromatic heterocycles. The molecule has 1 aliphatic heterocycles. The van der Waals surface area contributed by atoms with E-state index in [0.717, 1.165) is 25.1 Å². The zero-order chi connectivity index (χ0) is 12.5. The van der Waals surface area contributed by atoms with Crippen LogP contribution in [-0.4, -0.2) is 50.9 Å². The van der Waals surface area contributed by atoms with E-state index in [0.29, 0.717) is 13.0 Å². The lowest BCUT2D eigenvalue weighted by molar-refractivity contribution is -0.142. The Morgan fingerprint density at radius 2 is 2.47 bits per heavy atom. The number of nitrogens with zero attached hydrogens (tertiary/aromatic N) is 3. The van der Waals surface area contributed by atoms with Gasteiger partial charge in [-0.05, 0) is 18.4 Å². The van der Waals surface area contributed by atoms with Gasteiger partial charge in [0.05, 0.1) is 6.20 Å². The highest BCUT2D eigenvalue weighted by atomic mass is 16.4. The zero-order valence-electron chi connectivity index (χ0n) is 9.96. The Morgan fingerprint density at radius 3 is 3.00 bits per heavy atom. The lowest BCUT2D eigenvalue weighted by Gasteiger charge is -2.19. The second kappa shape index (κ2) is 4.46. The minimum absolute atomic E-state index is 0.433. The number of hydrogen-bond donors (Lipinski definition) is 2. The van der Waals surface area contributed by atoms with E-state index < -0.39 is 11.5 Å². The molecule has 0 aromatic carbocycles. The van der Waals surface area contributed by atoms with Crippen LogP contribution in [0.5, 0.6) is 0 Å². The number of nitrogens with two attached hydrogens (primary N) is 1. The summed E-state index contributed by atoms with van der Waals surface area (Å²) < 4.78 is 1.77. The predicted molar refractivity (Wildman–Crippen MR) is 62.5 cm³/mol. The highest BCUT2D eigenvalue weighted by Gasteiger charge is 2.40. The Morgan fingerprint density at radius 1 is 1.71 bits per heavy atom. The van der Waals surface area contributed by atoms with Crippen LogP contribution in [-0.2, 0) is 18.3 Å². The van der Waals surface area contributed by atoms with Crippen molar-refractivity contribution < 1.29 is 9.90 Å². The fraction of sp³-hybridized carbons (Fsp3) is 0.636. The number of carbonyl (C=O) groups is 1. The molecule has 0 aliphatic carbocycles. The Labute approximate surface area is 100 Å². The third-order valence-electron chi connectivity index (χ3n) is 3.28. The van der Waals surface area contributed by atoms with Gasteiger partial charge in [-0.2, -0.15) is 5.10 Å². The SMILES string of the molecule is Cn1cc(CCN2CCC(N)(C(=O)O)C2)cn1. The van der Waals surface area contributed by atoms with Crippen LogP contribution >= 0.6 is 0 Å². The lowest BCUT2D eigenvalue weighted by atomic mass is 10.0. The maximum absolute atomic E-state index is 11.0. The van der Waals surface area contributed by atoms with Crippen LogP contribution in [0.2, 0.25) is 0 Å². The quantitative estimate of drug-likeness (QED) is 0.735. The second-order valence-corrected chi connectivity index (χ2v) is 4.76. The molecule has 17 heavy (non-hydrogen) atoms. The lowest BCUT2D eigenvalue weighted by Crippen LogP contribution is -2.50. The number of aromatic nitrogens is 2. The summed E-state index contributed by atoms with van der Waals surface area (Å²) in [7, 11) is 1.88. The van der Waals surface area contributed by atoms with Crippen molar-refractivity contribution in [3.63, 3.8) is 0 Å². The molecule has 0 amide bonds. The molecule has 2 heterocycles. The summed E-state index contributed by atoms with van der Waals surface area (Å²) in [5, 5.41) is 13.1. The fourth-order valence-electron chi connectivity index (χ4n) is 2.17. The molecule has 1 aromatic rings. The van der Waals surface area contributed by atoms with Crippen molar-refractivity contribution >= 4 is 5.97 Å². The molecule has 3 N–H and O–H groups in total. The summed E-state index contributed by atoms with van der Waals surface area (Å²) >= 11 is 0. The molecule has 6 nitrogen and oxygen atoms in total. The smallest absolute Gasteiger partial charge is 0.325 e. The molecule has 1 aliphatic rings. The first-order valence-electron chi connectivity index (χ1n) is 5.72. The molecule has 1 atom stereocenters. The number of rotatable bonds is 4. The molecule has 1 unspecified atom stereocenters. The van der Waals surface area contributed by atoms with Gasteiger partial charge in [-0.25, -0.2) is 0 Å². The third-order valence-corrected chi connectivity index (χ3v) is 3.28. The molecule has 0 bridgehead atoms. The van der Waals surface area contributed by atoms with E-state index in [4.69, 9.17) is 10.8 Å². The topological polar surface area (TPSA) is 84.4 Å². The van der Waals surface area contributed by atoms with Gasteiger partial charge in [0.1, 0.15) is 5.54 Å². The van der Waals surface area contributed by atoms with E-state index in [1.807, 2.05) is 19.4 Å². The molecule has 6 heteroatoms. The van der Waals surface area contributed by atoms with Crippen LogP contribution in [0.25, 0.3) is 0 Å². The summed E-state index contributed by atoms with van der Waals surface area (Å²) in [6.07, 6.45) is 5.21. The van der Waals surface area contributed by atoms with Crippen molar-refractivity contribution in [1.29, 1.82) is 0 Å². The zero-order valence-corrected chi connectivity index (χ0v) is 9.96. The van der Waals surface area contributed by atoms with Crippen molar-refractivity contribution in [1.82, 2.24) is 14.7 Å². The normalized spacial score (nSPS) is 25.3. The van der Waals surface area contributed by atoms with E-state index in [1.165, 1.54) is 0 Å². The van der Waals surface area contributed by atoms with Gasteiger partial charge in [0.25, 0.3) is 0 Å². The van der Waals surface area contributed by atoms with Gasteiger partial charge in [0.15, 0.2) is 0 Å². The van der Waals surface area contributed by atoms with Gasteiger partial charge < -0.3 is 15.7 Å². The second-order valence-electron chi connectivity index (χ2n) is 4.76. The summed E-state index contributed by atoms with van der Waals surface area (Å²) in [6, 6.07) is 0. The molecule has 0 radical (unpaired) electrons. The summed E-state index contributed by atoms with van der Waals surface area (Å²) in [4.78, 5) is 13.1. The van der Waals surface area contributed by atoms with E-state index in [2.05, 4.69) is 10.00 Å². The maximum atomic E-state index is 11.0. The van der Waals surface area contributed by atoms with E-state index in [9.17, 15) is 4.79 Å². The van der Waals surface area contributed by atoms with Crippen molar-refractivity contribution in [3.05, 3.63) is 18.0 Å². The Balaban J connectivity index is 1.84. The molecular weight excluding hydrogens is 220 g/mol. The van der Waals surface area contributed by atoms with Gasteiger partial charge in [-0.15, -0.1) is 0 Å². The number of likely N-dealkylation sites (tertiary alicyclic amines) is 1. The first kappa shape index (κ1) is 12.1. The molecule has 2 rings (SSSR count).